The molecule has 4 nitrogen and oxygen atoms in total. The third-order valence-corrected chi connectivity index (χ3v) is 1.40. The monoisotopic (exact) mass is 243 g/mol. The molecule has 7 heteroatoms. The topological polar surface area (TPSA) is 61.5 Å². The van der Waals surface area contributed by atoms with Gasteiger partial charge in [0.05, 0.1) is 6.61 Å². The molecular formula is C9H16F3NO3. The first-order valence-electron chi connectivity index (χ1n) is 4.70. The van der Waals surface area contributed by atoms with Crippen LogP contribution in [-0.4, -0.2) is 30.6 Å². The standard InChI is InChI=1S/C9H16F3NO3/c1-8(2,3)16-7(14)6(13)4-5-15-9(10,11)12/h6H,4-5,13H2,1-3H3. The largest absolute Gasteiger partial charge is 0.522 e. The van der Waals surface area contributed by atoms with Gasteiger partial charge in [-0.15, -0.1) is 13.2 Å². The summed E-state index contributed by atoms with van der Waals surface area (Å²) >= 11 is 0. The molecule has 0 rings (SSSR count). The number of hydrogen-bond donors (Lipinski definition) is 1. The molecule has 0 radical (unpaired) electrons. The van der Waals surface area contributed by atoms with Crippen molar-refractivity contribution in [3.05, 3.63) is 0 Å². The summed E-state index contributed by atoms with van der Waals surface area (Å²) in [6.45, 7) is 4.27. The van der Waals surface area contributed by atoms with Crippen LogP contribution >= 0.6 is 0 Å². The van der Waals surface area contributed by atoms with Crippen LogP contribution in [0.2, 0.25) is 0 Å². The number of rotatable bonds is 4. The first-order valence-corrected chi connectivity index (χ1v) is 4.70. The molecule has 0 bridgehead atoms. The predicted molar refractivity (Wildman–Crippen MR) is 50.4 cm³/mol. The summed E-state index contributed by atoms with van der Waals surface area (Å²) in [5.41, 5.74) is 4.62. The fourth-order valence-corrected chi connectivity index (χ4v) is 0.797. The quantitative estimate of drug-likeness (QED) is 0.761. The van der Waals surface area contributed by atoms with Gasteiger partial charge in [0.25, 0.3) is 0 Å². The molecule has 0 amide bonds. The number of carbonyl (C=O) groups is 1. The predicted octanol–water partition coefficient (Wildman–Crippen LogP) is 1.58. The van der Waals surface area contributed by atoms with E-state index in [1.165, 1.54) is 0 Å². The number of halogens is 3. The van der Waals surface area contributed by atoms with Gasteiger partial charge in [-0.1, -0.05) is 0 Å². The van der Waals surface area contributed by atoms with Gasteiger partial charge in [0, 0.05) is 0 Å². The van der Waals surface area contributed by atoms with Gasteiger partial charge in [-0.2, -0.15) is 0 Å². The van der Waals surface area contributed by atoms with Gasteiger partial charge in [0.15, 0.2) is 0 Å². The zero-order valence-electron chi connectivity index (χ0n) is 9.43. The van der Waals surface area contributed by atoms with Crippen molar-refractivity contribution in [3.63, 3.8) is 0 Å². The molecule has 0 aromatic carbocycles. The van der Waals surface area contributed by atoms with Crippen molar-refractivity contribution in [2.75, 3.05) is 6.61 Å². The first kappa shape index (κ1) is 15.2. The average molecular weight is 243 g/mol. The lowest BCUT2D eigenvalue weighted by molar-refractivity contribution is -0.324. The van der Waals surface area contributed by atoms with Crippen molar-refractivity contribution in [1.29, 1.82) is 0 Å². The Hall–Kier alpha value is -0.820. The second-order valence-corrected chi connectivity index (χ2v) is 4.22. The van der Waals surface area contributed by atoms with Crippen LogP contribution in [0.15, 0.2) is 0 Å². The van der Waals surface area contributed by atoms with Crippen molar-refractivity contribution >= 4 is 5.97 Å². The summed E-state index contributed by atoms with van der Waals surface area (Å²) in [6, 6.07) is -1.11. The number of carbonyl (C=O) groups excluding carboxylic acids is 1. The molecule has 1 unspecified atom stereocenters. The van der Waals surface area contributed by atoms with Crippen LogP contribution < -0.4 is 5.73 Å². The summed E-state index contributed by atoms with van der Waals surface area (Å²) < 4.78 is 43.2. The Balaban J connectivity index is 3.89. The molecule has 1 atom stereocenters. The highest BCUT2D eigenvalue weighted by atomic mass is 19.4. The van der Waals surface area contributed by atoms with Crippen LogP contribution in [0.4, 0.5) is 13.2 Å². The number of nitrogens with two attached hydrogens (primary N) is 1. The number of esters is 1. The van der Waals surface area contributed by atoms with Crippen molar-refractivity contribution in [3.8, 4) is 0 Å². The van der Waals surface area contributed by atoms with Gasteiger partial charge in [0.1, 0.15) is 11.6 Å². The SMILES string of the molecule is CC(C)(C)OC(=O)C(N)CCOC(F)(F)F. The second kappa shape index (κ2) is 5.49. The molecule has 0 aromatic heterocycles. The summed E-state index contributed by atoms with van der Waals surface area (Å²) in [6.07, 6.45) is -4.94. The van der Waals surface area contributed by atoms with Crippen molar-refractivity contribution < 1.29 is 27.4 Å². The highest BCUT2D eigenvalue weighted by Crippen LogP contribution is 2.16. The minimum atomic E-state index is -4.70. The molecule has 0 aromatic rings. The Labute approximate surface area is 91.9 Å². The Morgan fingerprint density at radius 3 is 2.19 bits per heavy atom. The van der Waals surface area contributed by atoms with Gasteiger partial charge in [0.2, 0.25) is 0 Å². The molecule has 0 saturated heterocycles. The molecule has 0 fully saturated rings. The van der Waals surface area contributed by atoms with Gasteiger partial charge in [-0.25, -0.2) is 0 Å². The van der Waals surface area contributed by atoms with E-state index in [0.717, 1.165) is 0 Å². The van der Waals surface area contributed by atoms with Gasteiger partial charge in [-0.3, -0.25) is 9.53 Å². The normalized spacial score (nSPS) is 14.7. The van der Waals surface area contributed by atoms with E-state index in [4.69, 9.17) is 10.5 Å². The Morgan fingerprint density at radius 1 is 1.31 bits per heavy atom. The molecule has 0 aliphatic carbocycles. The summed E-state index contributed by atoms with van der Waals surface area (Å²) in [4.78, 5) is 11.2. The van der Waals surface area contributed by atoms with Crippen LogP contribution in [0, 0.1) is 0 Å². The third-order valence-electron chi connectivity index (χ3n) is 1.40. The summed E-state index contributed by atoms with van der Waals surface area (Å²) in [5, 5.41) is 0. The van der Waals surface area contributed by atoms with E-state index in [-0.39, 0.29) is 6.42 Å². The zero-order valence-corrected chi connectivity index (χ0v) is 9.43. The van der Waals surface area contributed by atoms with E-state index >= 15 is 0 Å². The minimum Gasteiger partial charge on any atom is -0.459 e. The van der Waals surface area contributed by atoms with Crippen LogP contribution in [-0.2, 0) is 14.3 Å². The second-order valence-electron chi connectivity index (χ2n) is 4.22. The summed E-state index contributed by atoms with van der Waals surface area (Å²) in [7, 11) is 0. The third kappa shape index (κ3) is 8.49. The smallest absolute Gasteiger partial charge is 0.459 e. The van der Waals surface area contributed by atoms with Crippen LogP contribution in [0.1, 0.15) is 27.2 Å². The molecule has 2 N–H and O–H groups in total. The molecule has 0 aliphatic rings. The molecule has 0 saturated carbocycles. The van der Waals surface area contributed by atoms with E-state index < -0.39 is 30.6 Å². The van der Waals surface area contributed by atoms with Crippen molar-refractivity contribution in [2.45, 2.75) is 45.2 Å². The Kier molecular flexibility index (Phi) is 5.21. The van der Waals surface area contributed by atoms with Gasteiger partial charge in [-0.05, 0) is 27.2 Å². The lowest BCUT2D eigenvalue weighted by atomic mass is 10.2. The fourth-order valence-electron chi connectivity index (χ4n) is 0.797. The minimum absolute atomic E-state index is 0.242. The highest BCUT2D eigenvalue weighted by molar-refractivity contribution is 5.75. The fraction of sp³-hybridized carbons (Fsp3) is 0.889. The van der Waals surface area contributed by atoms with Gasteiger partial charge < -0.3 is 10.5 Å². The molecule has 96 valence electrons. The number of ether oxygens (including phenoxy) is 2. The van der Waals surface area contributed by atoms with Gasteiger partial charge >= 0.3 is 12.3 Å². The number of hydrogen-bond acceptors (Lipinski definition) is 4. The molecule has 16 heavy (non-hydrogen) atoms. The molecule has 0 spiro atoms. The first-order chi connectivity index (χ1) is 7.01. The lowest BCUT2D eigenvalue weighted by Gasteiger charge is -2.22. The maximum Gasteiger partial charge on any atom is 0.522 e. The van der Waals surface area contributed by atoms with Crippen LogP contribution in [0.3, 0.4) is 0 Å². The van der Waals surface area contributed by atoms with Crippen LogP contribution in [0.25, 0.3) is 0 Å². The van der Waals surface area contributed by atoms with Crippen molar-refractivity contribution in [1.82, 2.24) is 0 Å². The highest BCUT2D eigenvalue weighted by Gasteiger charge is 2.30. The molecule has 0 aliphatic heterocycles. The van der Waals surface area contributed by atoms with E-state index in [9.17, 15) is 18.0 Å². The van der Waals surface area contributed by atoms with Crippen LogP contribution in [0.5, 0.6) is 0 Å². The lowest BCUT2D eigenvalue weighted by Crippen LogP contribution is -2.38. The Morgan fingerprint density at radius 2 is 1.81 bits per heavy atom. The number of alkyl halides is 3. The van der Waals surface area contributed by atoms with E-state index in [1.54, 1.807) is 20.8 Å². The average Bonchev–Trinajstić information content (AvgIpc) is 1.98. The summed E-state index contributed by atoms with van der Waals surface area (Å²) in [5.74, 6) is -0.738. The Bertz CT molecular complexity index is 235. The van der Waals surface area contributed by atoms with E-state index in [0.29, 0.717) is 0 Å². The molecular weight excluding hydrogens is 227 g/mol. The molecule has 0 heterocycles. The van der Waals surface area contributed by atoms with E-state index in [2.05, 4.69) is 4.74 Å². The van der Waals surface area contributed by atoms with E-state index in [1.807, 2.05) is 0 Å². The maximum atomic E-state index is 11.6. The maximum absolute atomic E-state index is 11.6. The van der Waals surface area contributed by atoms with Crippen molar-refractivity contribution in [2.24, 2.45) is 5.73 Å². The zero-order chi connectivity index (χ0) is 13.0.